The average Bonchev–Trinajstić information content (AvgIpc) is 3.40. The molecular formula is C25H24N8O3S2. The molecule has 2 saturated carbocycles. The van der Waals surface area contributed by atoms with Crippen LogP contribution in [0.25, 0.3) is 10.6 Å². The zero-order valence-electron chi connectivity index (χ0n) is 20.7. The number of pyridine rings is 1. The van der Waals surface area contributed by atoms with E-state index in [-0.39, 0.29) is 11.4 Å². The third-order valence-electron chi connectivity index (χ3n) is 8.53. The minimum absolute atomic E-state index is 0.0273. The predicted molar refractivity (Wildman–Crippen MR) is 142 cm³/mol. The van der Waals surface area contributed by atoms with E-state index in [9.17, 15) is 9.59 Å². The minimum atomic E-state index is -0.557. The van der Waals surface area contributed by atoms with Crippen molar-refractivity contribution in [1.82, 2.24) is 30.0 Å². The summed E-state index contributed by atoms with van der Waals surface area (Å²) >= 11 is 3.15. The van der Waals surface area contributed by atoms with E-state index in [1.54, 1.807) is 17.5 Å². The van der Waals surface area contributed by atoms with Gasteiger partial charge in [0.15, 0.2) is 5.13 Å². The van der Waals surface area contributed by atoms with Crippen LogP contribution in [0, 0.1) is 31.6 Å². The van der Waals surface area contributed by atoms with E-state index >= 15 is 0 Å². The number of hydrogen-bond donors (Lipinski definition) is 2. The van der Waals surface area contributed by atoms with Crippen molar-refractivity contribution in [2.45, 2.75) is 38.3 Å². The zero-order valence-corrected chi connectivity index (χ0v) is 22.3. The van der Waals surface area contributed by atoms with Gasteiger partial charge in [-0.25, -0.2) is 24.8 Å². The van der Waals surface area contributed by atoms with Gasteiger partial charge >= 0.3 is 11.8 Å². The first-order chi connectivity index (χ1) is 18.4. The molecule has 13 heteroatoms. The van der Waals surface area contributed by atoms with Gasteiger partial charge in [-0.3, -0.25) is 4.79 Å². The van der Waals surface area contributed by atoms with Gasteiger partial charge in [-0.15, -0.1) is 27.8 Å². The van der Waals surface area contributed by atoms with Crippen molar-refractivity contribution in [2.75, 3.05) is 23.3 Å². The van der Waals surface area contributed by atoms with Gasteiger partial charge in [-0.2, -0.15) is 0 Å². The Morgan fingerprint density at radius 1 is 1.29 bits per heavy atom. The second kappa shape index (κ2) is 7.73. The molecular weight excluding hydrogens is 524 g/mol. The fourth-order valence-electron chi connectivity index (χ4n) is 6.91. The summed E-state index contributed by atoms with van der Waals surface area (Å²) in [6.07, 6.45) is 3.60. The van der Waals surface area contributed by atoms with Crippen molar-refractivity contribution >= 4 is 45.5 Å². The summed E-state index contributed by atoms with van der Waals surface area (Å²) in [4.78, 5) is 44.3. The molecule has 11 nitrogen and oxygen atoms in total. The van der Waals surface area contributed by atoms with Gasteiger partial charge in [0.1, 0.15) is 5.82 Å². The molecule has 7 heterocycles. The number of H-pyrrole nitrogens is 1. The SMILES string of the molecule is Cc1nc(C)c(-c2csc(Nc3ccc(C(=O)N4[C@H]5C6CCN(c7n[nH]c(=O)o7)C[C@]47C[C@@H]7[C@H]65)cn3)n2)s1. The largest absolute Gasteiger partial charge is 0.435 e. The highest BCUT2D eigenvalue weighted by molar-refractivity contribution is 7.16. The van der Waals surface area contributed by atoms with Crippen molar-refractivity contribution in [3.8, 4) is 10.6 Å². The Kier molecular flexibility index (Phi) is 4.56. The van der Waals surface area contributed by atoms with Crippen LogP contribution in [0.5, 0.6) is 0 Å². The van der Waals surface area contributed by atoms with Gasteiger partial charge in [0, 0.05) is 30.7 Å². The Morgan fingerprint density at radius 3 is 2.92 bits per heavy atom. The molecule has 5 aliphatic rings. The number of anilines is 3. The van der Waals surface area contributed by atoms with Crippen LogP contribution in [0.3, 0.4) is 0 Å². The van der Waals surface area contributed by atoms with Crippen molar-refractivity contribution in [2.24, 2.45) is 17.8 Å². The fraction of sp³-hybridized carbons (Fsp3) is 0.440. The molecule has 4 aromatic heterocycles. The standard InChI is InChI=1S/C25H24N8O3S2/c1-11-20(38-12(2)27-11)16-9-37-22(28-16)29-17-4-3-13(8-26-17)21(34)33-19-14-5-6-32(23-30-31-24(35)36-23)10-25(33)7-15(25)18(14)19/h3-4,8-9,14-15,18-19H,5-7,10H2,1-2H3,(H,31,35)(H,26,28,29)/t14?,15-,18+,19+,25+/m1/s1. The molecule has 4 aromatic rings. The summed E-state index contributed by atoms with van der Waals surface area (Å²) in [5, 5.41) is 13.4. The molecule has 9 rings (SSSR count). The number of aryl methyl sites for hydroxylation is 2. The summed E-state index contributed by atoms with van der Waals surface area (Å²) in [6, 6.07) is 4.30. The quantitative estimate of drug-likeness (QED) is 0.385. The molecule has 194 valence electrons. The molecule has 1 unspecified atom stereocenters. The van der Waals surface area contributed by atoms with Crippen LogP contribution in [0.15, 0.2) is 32.9 Å². The smallest absolute Gasteiger partial charge is 0.373 e. The minimum Gasteiger partial charge on any atom is -0.373 e. The van der Waals surface area contributed by atoms with Gasteiger partial charge in [0.2, 0.25) is 0 Å². The van der Waals surface area contributed by atoms with Crippen LogP contribution in [-0.2, 0) is 0 Å². The Labute approximate surface area is 224 Å². The summed E-state index contributed by atoms with van der Waals surface area (Å²) in [5.74, 6) is 1.70. The maximum Gasteiger partial charge on any atom is 0.435 e. The number of fused-ring (bicyclic) bond motifs is 3. The van der Waals surface area contributed by atoms with Gasteiger partial charge in [-0.1, -0.05) is 0 Å². The number of thiazole rings is 2. The number of carbonyl (C=O) groups excluding carboxylic acids is 1. The molecule has 4 bridgehead atoms. The molecule has 2 N–H and O–H groups in total. The molecule has 1 amide bonds. The van der Waals surface area contributed by atoms with Crippen LogP contribution in [0.1, 0.15) is 33.9 Å². The highest BCUT2D eigenvalue weighted by Gasteiger charge is 2.81. The van der Waals surface area contributed by atoms with Crippen molar-refractivity contribution in [3.05, 3.63) is 50.5 Å². The van der Waals surface area contributed by atoms with Crippen molar-refractivity contribution in [1.29, 1.82) is 0 Å². The third-order valence-corrected chi connectivity index (χ3v) is 10.4. The van der Waals surface area contributed by atoms with E-state index in [1.807, 2.05) is 36.3 Å². The number of carbonyl (C=O) groups is 1. The van der Waals surface area contributed by atoms with Gasteiger partial charge in [0.05, 0.1) is 32.4 Å². The van der Waals surface area contributed by atoms with E-state index in [2.05, 4.69) is 30.4 Å². The van der Waals surface area contributed by atoms with Gasteiger partial charge < -0.3 is 19.5 Å². The molecule has 1 spiro atoms. The molecule has 2 aliphatic carbocycles. The first kappa shape index (κ1) is 22.4. The van der Waals surface area contributed by atoms with E-state index in [1.165, 1.54) is 11.3 Å². The summed E-state index contributed by atoms with van der Waals surface area (Å²) in [5.41, 5.74) is 2.26. The average molecular weight is 549 g/mol. The third kappa shape index (κ3) is 3.24. The van der Waals surface area contributed by atoms with Crippen LogP contribution in [0.4, 0.5) is 17.0 Å². The molecule has 5 atom stereocenters. The lowest BCUT2D eigenvalue weighted by Gasteiger charge is -2.37. The Balaban J connectivity index is 1.01. The van der Waals surface area contributed by atoms with Crippen LogP contribution in [0.2, 0.25) is 0 Å². The maximum atomic E-state index is 13.8. The number of rotatable bonds is 5. The van der Waals surface area contributed by atoms with Crippen LogP contribution in [-0.4, -0.2) is 60.6 Å². The second-order valence-electron chi connectivity index (χ2n) is 10.7. The first-order valence-corrected chi connectivity index (χ1v) is 14.4. The lowest BCUT2D eigenvalue weighted by Crippen LogP contribution is -2.52. The van der Waals surface area contributed by atoms with Crippen molar-refractivity contribution in [3.63, 3.8) is 0 Å². The zero-order chi connectivity index (χ0) is 25.8. The summed E-state index contributed by atoms with van der Waals surface area (Å²) in [7, 11) is 0. The lowest BCUT2D eigenvalue weighted by atomic mass is 10.0. The molecule has 0 aromatic carbocycles. The first-order valence-electron chi connectivity index (χ1n) is 12.7. The number of hydrogen-bond acceptors (Lipinski definition) is 11. The van der Waals surface area contributed by atoms with E-state index in [4.69, 9.17) is 9.40 Å². The van der Waals surface area contributed by atoms with Crippen molar-refractivity contribution < 1.29 is 9.21 Å². The summed E-state index contributed by atoms with van der Waals surface area (Å²) < 4.78 is 5.25. The monoisotopic (exact) mass is 548 g/mol. The van der Waals surface area contributed by atoms with E-state index < -0.39 is 5.76 Å². The highest BCUT2D eigenvalue weighted by Crippen LogP contribution is 2.74. The molecule has 0 radical (unpaired) electrons. The lowest BCUT2D eigenvalue weighted by molar-refractivity contribution is 0.0628. The maximum absolute atomic E-state index is 13.8. The topological polar surface area (TPSA) is 133 Å². The van der Waals surface area contributed by atoms with Crippen LogP contribution >= 0.6 is 22.7 Å². The highest BCUT2D eigenvalue weighted by atomic mass is 32.1. The molecule has 5 fully saturated rings. The van der Waals surface area contributed by atoms with Crippen LogP contribution < -0.4 is 16.0 Å². The summed E-state index contributed by atoms with van der Waals surface area (Å²) in [6.45, 7) is 5.41. The molecule has 38 heavy (non-hydrogen) atoms. The fourth-order valence-corrected chi connectivity index (χ4v) is 8.58. The van der Waals surface area contributed by atoms with E-state index in [0.29, 0.717) is 47.7 Å². The Morgan fingerprint density at radius 2 is 2.18 bits per heavy atom. The molecule has 3 aliphatic heterocycles. The Hall–Kier alpha value is -3.58. The van der Waals surface area contributed by atoms with Gasteiger partial charge in [-0.05, 0) is 56.6 Å². The number of aromatic amines is 1. The number of amides is 1. The van der Waals surface area contributed by atoms with E-state index in [0.717, 1.165) is 45.8 Å². The number of nitrogens with zero attached hydrogens (tertiary/aromatic N) is 6. The number of nitrogens with one attached hydrogen (secondary N) is 2. The predicted octanol–water partition coefficient (Wildman–Crippen LogP) is 3.44. The second-order valence-corrected chi connectivity index (χ2v) is 12.7. The number of piperidine rings is 2. The normalized spacial score (nSPS) is 28.6. The Bertz CT molecular complexity index is 1640. The van der Waals surface area contributed by atoms with Gasteiger partial charge in [0.25, 0.3) is 5.91 Å². The number of aromatic nitrogens is 5. The molecule has 3 saturated heterocycles.